The minimum absolute atomic E-state index is 1.00. The second-order valence-electron chi connectivity index (χ2n) is 10.5. The Labute approximate surface area is 219 Å². The van der Waals surface area contributed by atoms with Crippen LogP contribution in [0.2, 0.25) is 0 Å². The lowest BCUT2D eigenvalue weighted by atomic mass is 10.0. The number of rotatable bonds is 26. The molecule has 0 saturated heterocycles. The highest BCUT2D eigenvalue weighted by Crippen LogP contribution is 2.13. The molecule has 1 nitrogen and oxygen atoms in total. The summed E-state index contributed by atoms with van der Waals surface area (Å²) in [7, 11) is 1.00. The third-order valence-electron chi connectivity index (χ3n) is 6.91. The maximum Gasteiger partial charge on any atom is 0.0319 e. The summed E-state index contributed by atoms with van der Waals surface area (Å²) in [5.74, 6) is 0. The first-order valence-corrected chi connectivity index (χ1v) is 16.3. The minimum atomic E-state index is 1.00. The van der Waals surface area contributed by atoms with Crippen LogP contribution in [0.5, 0.6) is 0 Å². The molecule has 0 aliphatic carbocycles. The minimum Gasteiger partial charge on any atom is -0.400 e. The Morgan fingerprint density at radius 1 is 0.206 bits per heavy atom. The molecular weight excluding hydrogens is 412 g/mol. The molecule has 0 aromatic carbocycles. The average Bonchev–Trinajstić information content (AvgIpc) is 2.87. The molecule has 0 amide bonds. The number of hydrogen-bond acceptors (Lipinski definition) is 1. The Balaban J connectivity index is -0.000000526. The zero-order valence-corrected chi connectivity index (χ0v) is 25.2. The van der Waals surface area contributed by atoms with E-state index in [0.717, 1.165) is 7.11 Å². The molecule has 1 heteroatoms. The van der Waals surface area contributed by atoms with Crippen LogP contribution in [-0.4, -0.2) is 12.2 Å². The van der Waals surface area contributed by atoms with E-state index in [1.807, 2.05) is 0 Å². The van der Waals surface area contributed by atoms with Gasteiger partial charge in [-0.25, -0.2) is 0 Å². The predicted molar refractivity (Wildman–Crippen MR) is 160 cm³/mol. The fourth-order valence-corrected chi connectivity index (χ4v) is 4.54. The van der Waals surface area contributed by atoms with Gasteiger partial charge in [-0.1, -0.05) is 207 Å². The summed E-state index contributed by atoms with van der Waals surface area (Å²) in [5, 5.41) is 7.00. The van der Waals surface area contributed by atoms with E-state index in [1.165, 1.54) is 180 Å². The van der Waals surface area contributed by atoms with Crippen LogP contribution < -0.4 is 0 Å². The number of aliphatic hydroxyl groups is 1. The van der Waals surface area contributed by atoms with Gasteiger partial charge in [0.1, 0.15) is 0 Å². The van der Waals surface area contributed by atoms with Crippen LogP contribution in [0.4, 0.5) is 0 Å². The van der Waals surface area contributed by atoms with Crippen molar-refractivity contribution in [1.29, 1.82) is 0 Å². The van der Waals surface area contributed by atoms with E-state index < -0.39 is 0 Å². The van der Waals surface area contributed by atoms with Gasteiger partial charge >= 0.3 is 0 Å². The van der Waals surface area contributed by atoms with Crippen molar-refractivity contribution < 1.29 is 5.11 Å². The largest absolute Gasteiger partial charge is 0.400 e. The Kier molecular flexibility index (Phi) is 48.8. The molecule has 210 valence electrons. The van der Waals surface area contributed by atoms with E-state index in [9.17, 15) is 0 Å². The van der Waals surface area contributed by atoms with Crippen molar-refractivity contribution in [2.75, 3.05) is 7.11 Å². The van der Waals surface area contributed by atoms with E-state index in [1.54, 1.807) is 0 Å². The summed E-state index contributed by atoms with van der Waals surface area (Å²) in [6.45, 7) is 9.16. The second kappa shape index (κ2) is 43.1. The maximum absolute atomic E-state index is 7.00. The summed E-state index contributed by atoms with van der Waals surface area (Å²) < 4.78 is 0. The highest BCUT2D eigenvalue weighted by Gasteiger charge is 1.94. The first kappa shape index (κ1) is 38.5. The molecule has 0 unspecified atom stereocenters. The molecule has 0 bridgehead atoms. The molecule has 1 N–H and O–H groups in total. The fraction of sp³-hybridized carbons (Fsp3) is 1.00. The maximum atomic E-state index is 7.00. The topological polar surface area (TPSA) is 20.2 Å². The van der Waals surface area contributed by atoms with Gasteiger partial charge in [-0.15, -0.1) is 0 Å². The van der Waals surface area contributed by atoms with Crippen LogP contribution in [-0.2, 0) is 0 Å². The van der Waals surface area contributed by atoms with Gasteiger partial charge in [0.15, 0.2) is 0 Å². The summed E-state index contributed by atoms with van der Waals surface area (Å²) in [4.78, 5) is 0. The normalized spacial score (nSPS) is 10.4. The molecule has 0 rings (SSSR count). The second-order valence-corrected chi connectivity index (χ2v) is 10.5. The van der Waals surface area contributed by atoms with Crippen LogP contribution in [0.15, 0.2) is 0 Å². The van der Waals surface area contributed by atoms with Gasteiger partial charge < -0.3 is 5.11 Å². The van der Waals surface area contributed by atoms with Crippen LogP contribution >= 0.6 is 0 Å². The van der Waals surface area contributed by atoms with Crippen LogP contribution in [0.1, 0.15) is 207 Å². The quantitative estimate of drug-likeness (QED) is 0.121. The Morgan fingerprint density at radius 3 is 0.382 bits per heavy atom. The van der Waals surface area contributed by atoms with Crippen molar-refractivity contribution in [3.8, 4) is 0 Å². The summed E-state index contributed by atoms with van der Waals surface area (Å²) in [6, 6.07) is 0. The van der Waals surface area contributed by atoms with Gasteiger partial charge in [0.25, 0.3) is 0 Å². The third-order valence-corrected chi connectivity index (χ3v) is 6.91. The molecule has 0 radical (unpaired) electrons. The van der Waals surface area contributed by atoms with E-state index in [0.29, 0.717) is 0 Å². The van der Waals surface area contributed by atoms with Crippen molar-refractivity contribution in [2.24, 2.45) is 0 Å². The predicted octanol–water partition coefficient (Wildman–Crippen LogP) is 12.6. The first-order chi connectivity index (χ1) is 16.8. The van der Waals surface area contributed by atoms with Crippen LogP contribution in [0.25, 0.3) is 0 Å². The molecule has 0 heterocycles. The Morgan fingerprint density at radius 2 is 0.294 bits per heavy atom. The molecular formula is C33H72O. The molecule has 0 saturated carbocycles. The van der Waals surface area contributed by atoms with Crippen LogP contribution in [0.3, 0.4) is 0 Å². The monoisotopic (exact) mass is 485 g/mol. The molecule has 0 atom stereocenters. The van der Waals surface area contributed by atoms with Gasteiger partial charge in [-0.05, 0) is 0 Å². The summed E-state index contributed by atoms with van der Waals surface area (Å²) in [6.07, 6.45) is 40.8. The molecule has 0 aromatic rings. The molecule has 0 aromatic heterocycles. The number of unbranched alkanes of at least 4 members (excludes halogenated alkanes) is 26. The van der Waals surface area contributed by atoms with Crippen molar-refractivity contribution in [3.05, 3.63) is 0 Å². The molecule has 34 heavy (non-hydrogen) atoms. The SMILES string of the molecule is CCCCCCCCCCCCCCCC.CCCCCCCCCCCCCCCC.CO. The average molecular weight is 485 g/mol. The highest BCUT2D eigenvalue weighted by molar-refractivity contribution is 4.49. The number of aliphatic hydroxyl groups excluding tert-OH is 1. The molecule has 0 aliphatic rings. The van der Waals surface area contributed by atoms with E-state index in [2.05, 4.69) is 27.7 Å². The van der Waals surface area contributed by atoms with Crippen molar-refractivity contribution in [1.82, 2.24) is 0 Å². The Hall–Kier alpha value is -0.0400. The van der Waals surface area contributed by atoms with Crippen molar-refractivity contribution in [2.45, 2.75) is 207 Å². The van der Waals surface area contributed by atoms with Crippen LogP contribution in [0, 0.1) is 0 Å². The van der Waals surface area contributed by atoms with Crippen molar-refractivity contribution in [3.63, 3.8) is 0 Å². The van der Waals surface area contributed by atoms with E-state index >= 15 is 0 Å². The van der Waals surface area contributed by atoms with E-state index in [4.69, 9.17) is 5.11 Å². The van der Waals surface area contributed by atoms with Gasteiger partial charge in [0, 0.05) is 7.11 Å². The summed E-state index contributed by atoms with van der Waals surface area (Å²) in [5.41, 5.74) is 0. The fourth-order valence-electron chi connectivity index (χ4n) is 4.54. The molecule has 0 fully saturated rings. The van der Waals surface area contributed by atoms with Gasteiger partial charge in [-0.3, -0.25) is 0 Å². The van der Waals surface area contributed by atoms with E-state index in [-0.39, 0.29) is 0 Å². The lowest BCUT2D eigenvalue weighted by molar-refractivity contribution is 0.399. The third kappa shape index (κ3) is 45.5. The van der Waals surface area contributed by atoms with Crippen molar-refractivity contribution >= 4 is 0 Å². The summed E-state index contributed by atoms with van der Waals surface area (Å²) >= 11 is 0. The lowest BCUT2D eigenvalue weighted by Gasteiger charge is -2.02. The smallest absolute Gasteiger partial charge is 0.0319 e. The number of hydrogen-bond donors (Lipinski definition) is 1. The van der Waals surface area contributed by atoms with Gasteiger partial charge in [-0.2, -0.15) is 0 Å². The van der Waals surface area contributed by atoms with Gasteiger partial charge in [0.2, 0.25) is 0 Å². The van der Waals surface area contributed by atoms with Gasteiger partial charge in [0.05, 0.1) is 0 Å². The zero-order valence-electron chi connectivity index (χ0n) is 25.2. The lowest BCUT2D eigenvalue weighted by Crippen LogP contribution is -1.82. The highest BCUT2D eigenvalue weighted by atomic mass is 16.2. The zero-order chi connectivity index (χ0) is 25.8. The first-order valence-electron chi connectivity index (χ1n) is 16.3. The molecule has 0 aliphatic heterocycles. The standard InChI is InChI=1S/2C16H34.CH4O/c2*1-3-5-7-9-11-13-15-16-14-12-10-8-6-4-2;1-2/h2*3-16H2,1-2H3;2H,1H3. The molecule has 0 spiro atoms. The Bertz CT molecular complexity index is 220.